The molecule has 1 unspecified atom stereocenters. The van der Waals surface area contributed by atoms with Crippen molar-refractivity contribution >= 4 is 5.97 Å². The first-order valence-corrected chi connectivity index (χ1v) is 6.18. The van der Waals surface area contributed by atoms with Gasteiger partial charge in [-0.15, -0.1) is 0 Å². The van der Waals surface area contributed by atoms with Crippen molar-refractivity contribution in [3.63, 3.8) is 0 Å². The van der Waals surface area contributed by atoms with Gasteiger partial charge in [0.05, 0.1) is 12.2 Å². The molecule has 0 aliphatic carbocycles. The van der Waals surface area contributed by atoms with Crippen molar-refractivity contribution in [2.75, 3.05) is 6.61 Å². The van der Waals surface area contributed by atoms with Crippen molar-refractivity contribution in [2.45, 2.75) is 72.0 Å². The number of unbranched alkanes of at least 4 members (excludes halogenated alkanes) is 2. The van der Waals surface area contributed by atoms with Crippen LogP contribution in [0.4, 0.5) is 0 Å². The van der Waals surface area contributed by atoms with E-state index in [0.29, 0.717) is 13.0 Å². The van der Waals surface area contributed by atoms with E-state index in [2.05, 4.69) is 6.92 Å². The average Bonchev–Trinajstić information content (AvgIpc) is 2.14. The van der Waals surface area contributed by atoms with Crippen molar-refractivity contribution < 1.29 is 14.3 Å². The minimum atomic E-state index is -0.178. The number of hydrogen-bond acceptors (Lipinski definition) is 3. The van der Waals surface area contributed by atoms with Gasteiger partial charge in [0.15, 0.2) is 0 Å². The highest BCUT2D eigenvalue weighted by molar-refractivity contribution is 5.69. The zero-order chi connectivity index (χ0) is 12.6. The number of carbonyl (C=O) groups is 1. The molecule has 0 aliphatic heterocycles. The zero-order valence-corrected chi connectivity index (χ0v) is 11.3. The van der Waals surface area contributed by atoms with E-state index in [1.807, 2.05) is 27.7 Å². The van der Waals surface area contributed by atoms with Crippen molar-refractivity contribution in [1.29, 1.82) is 0 Å². The van der Waals surface area contributed by atoms with Gasteiger partial charge >= 0.3 is 5.97 Å². The highest BCUT2D eigenvalue weighted by Crippen LogP contribution is 2.09. The van der Waals surface area contributed by atoms with Gasteiger partial charge in [-0.25, -0.2) is 0 Å². The van der Waals surface area contributed by atoms with Gasteiger partial charge < -0.3 is 9.47 Å². The molecule has 0 rings (SSSR count). The molecule has 0 aromatic rings. The van der Waals surface area contributed by atoms with Crippen LogP contribution in [0.25, 0.3) is 0 Å². The Morgan fingerprint density at radius 3 is 2.38 bits per heavy atom. The fourth-order valence-electron chi connectivity index (χ4n) is 1.20. The summed E-state index contributed by atoms with van der Waals surface area (Å²) < 4.78 is 10.8. The smallest absolute Gasteiger partial charge is 0.306 e. The Labute approximate surface area is 99.5 Å². The molecule has 0 saturated heterocycles. The number of esters is 1. The summed E-state index contributed by atoms with van der Waals surface area (Å²) in [5.41, 5.74) is -0.178. The monoisotopic (exact) mass is 230 g/mol. The molecule has 0 heterocycles. The molecule has 1 atom stereocenters. The number of ether oxygens (including phenoxy) is 2. The van der Waals surface area contributed by atoms with Crippen molar-refractivity contribution in [2.24, 2.45) is 0 Å². The molecule has 0 fully saturated rings. The lowest BCUT2D eigenvalue weighted by molar-refractivity contribution is -0.154. The van der Waals surface area contributed by atoms with E-state index in [9.17, 15) is 4.79 Å². The number of hydrogen-bond donors (Lipinski definition) is 0. The van der Waals surface area contributed by atoms with Crippen LogP contribution in [0.15, 0.2) is 0 Å². The van der Waals surface area contributed by atoms with Crippen LogP contribution in [0.5, 0.6) is 0 Å². The summed E-state index contributed by atoms with van der Waals surface area (Å²) in [4.78, 5) is 11.4. The molecular weight excluding hydrogens is 204 g/mol. The molecule has 0 bridgehead atoms. The third kappa shape index (κ3) is 9.97. The van der Waals surface area contributed by atoms with Crippen molar-refractivity contribution in [1.82, 2.24) is 0 Å². The summed E-state index contributed by atoms with van der Waals surface area (Å²) in [6, 6.07) is 0. The van der Waals surface area contributed by atoms with Crippen LogP contribution in [-0.2, 0) is 14.3 Å². The van der Waals surface area contributed by atoms with Crippen LogP contribution in [0.1, 0.15) is 60.3 Å². The molecule has 0 aromatic carbocycles. The van der Waals surface area contributed by atoms with Gasteiger partial charge in [-0.1, -0.05) is 19.8 Å². The SMILES string of the molecule is CCCCCC(=O)OC(C)COC(C)(C)C. The molecule has 3 nitrogen and oxygen atoms in total. The standard InChI is InChI=1S/C13H26O3/c1-6-7-8-9-12(14)16-11(2)10-15-13(3,4)5/h11H,6-10H2,1-5H3. The van der Waals surface area contributed by atoms with E-state index in [0.717, 1.165) is 19.3 Å². The van der Waals surface area contributed by atoms with Crippen LogP contribution in [0, 0.1) is 0 Å². The molecule has 16 heavy (non-hydrogen) atoms. The van der Waals surface area contributed by atoms with Crippen molar-refractivity contribution in [3.8, 4) is 0 Å². The Bertz CT molecular complexity index is 194. The molecule has 0 saturated carbocycles. The van der Waals surface area contributed by atoms with E-state index >= 15 is 0 Å². The summed E-state index contributed by atoms with van der Waals surface area (Å²) >= 11 is 0. The maximum atomic E-state index is 11.4. The Morgan fingerprint density at radius 1 is 1.25 bits per heavy atom. The van der Waals surface area contributed by atoms with Gasteiger partial charge in [0.2, 0.25) is 0 Å². The molecule has 0 aliphatic rings. The predicted molar refractivity (Wildman–Crippen MR) is 65.4 cm³/mol. The second kappa shape index (κ2) is 7.66. The van der Waals surface area contributed by atoms with Crippen LogP contribution >= 0.6 is 0 Å². The molecule has 96 valence electrons. The fourth-order valence-corrected chi connectivity index (χ4v) is 1.20. The Morgan fingerprint density at radius 2 is 1.88 bits per heavy atom. The fraction of sp³-hybridized carbons (Fsp3) is 0.923. The van der Waals surface area contributed by atoms with E-state index in [4.69, 9.17) is 9.47 Å². The van der Waals surface area contributed by atoms with Gasteiger partial charge in [0.1, 0.15) is 6.10 Å². The van der Waals surface area contributed by atoms with Gasteiger partial charge in [0.25, 0.3) is 0 Å². The predicted octanol–water partition coefficient (Wildman–Crippen LogP) is 3.31. The van der Waals surface area contributed by atoms with E-state index in [1.54, 1.807) is 0 Å². The van der Waals surface area contributed by atoms with Crippen LogP contribution < -0.4 is 0 Å². The molecule has 0 radical (unpaired) electrons. The number of rotatable bonds is 7. The molecule has 0 N–H and O–H groups in total. The first kappa shape index (κ1) is 15.4. The quantitative estimate of drug-likeness (QED) is 0.497. The molecular formula is C13H26O3. The van der Waals surface area contributed by atoms with E-state index < -0.39 is 0 Å². The van der Waals surface area contributed by atoms with Gasteiger partial charge in [-0.05, 0) is 34.1 Å². The minimum Gasteiger partial charge on any atom is -0.460 e. The lowest BCUT2D eigenvalue weighted by atomic mass is 10.2. The highest BCUT2D eigenvalue weighted by Gasteiger charge is 2.15. The molecule has 0 aromatic heterocycles. The normalized spacial score (nSPS) is 13.6. The molecule has 0 amide bonds. The van der Waals surface area contributed by atoms with Gasteiger partial charge in [-0.3, -0.25) is 4.79 Å². The molecule has 3 heteroatoms. The second-order valence-corrected chi connectivity index (χ2v) is 5.18. The van der Waals surface area contributed by atoms with Crippen LogP contribution in [0.2, 0.25) is 0 Å². The Balaban J connectivity index is 3.62. The first-order valence-electron chi connectivity index (χ1n) is 6.18. The summed E-state index contributed by atoms with van der Waals surface area (Å²) in [7, 11) is 0. The number of carbonyl (C=O) groups excluding carboxylic acids is 1. The van der Waals surface area contributed by atoms with E-state index in [1.165, 1.54) is 0 Å². The van der Waals surface area contributed by atoms with Gasteiger partial charge in [0, 0.05) is 6.42 Å². The average molecular weight is 230 g/mol. The third-order valence-electron chi connectivity index (χ3n) is 2.07. The maximum Gasteiger partial charge on any atom is 0.306 e. The maximum absolute atomic E-state index is 11.4. The van der Waals surface area contributed by atoms with E-state index in [-0.39, 0.29) is 17.7 Å². The highest BCUT2D eigenvalue weighted by atomic mass is 16.6. The Kier molecular flexibility index (Phi) is 7.39. The minimum absolute atomic E-state index is 0.113. The lowest BCUT2D eigenvalue weighted by Crippen LogP contribution is -2.27. The van der Waals surface area contributed by atoms with Crippen molar-refractivity contribution in [3.05, 3.63) is 0 Å². The van der Waals surface area contributed by atoms with Crippen LogP contribution in [-0.4, -0.2) is 24.3 Å². The molecule has 0 spiro atoms. The lowest BCUT2D eigenvalue weighted by Gasteiger charge is -2.22. The zero-order valence-electron chi connectivity index (χ0n) is 11.3. The van der Waals surface area contributed by atoms with Gasteiger partial charge in [-0.2, -0.15) is 0 Å². The van der Waals surface area contributed by atoms with Crippen LogP contribution in [0.3, 0.4) is 0 Å². The third-order valence-corrected chi connectivity index (χ3v) is 2.07. The Hall–Kier alpha value is -0.570. The summed E-state index contributed by atoms with van der Waals surface area (Å²) in [6.07, 6.45) is 3.49. The largest absolute Gasteiger partial charge is 0.460 e. The summed E-state index contributed by atoms with van der Waals surface area (Å²) in [5, 5.41) is 0. The summed E-state index contributed by atoms with van der Waals surface area (Å²) in [6.45, 7) is 10.4. The first-order chi connectivity index (χ1) is 7.35. The second-order valence-electron chi connectivity index (χ2n) is 5.18. The topological polar surface area (TPSA) is 35.5 Å². The summed E-state index contributed by atoms with van der Waals surface area (Å²) in [5.74, 6) is -0.113.